The van der Waals surface area contributed by atoms with E-state index in [-0.39, 0.29) is 5.91 Å². The predicted molar refractivity (Wildman–Crippen MR) is 99.2 cm³/mol. The summed E-state index contributed by atoms with van der Waals surface area (Å²) in [5.41, 5.74) is 4.91. The highest BCUT2D eigenvalue weighted by Crippen LogP contribution is 2.20. The van der Waals surface area contributed by atoms with Gasteiger partial charge in [0.15, 0.2) is 5.65 Å². The number of hydrogen-bond donors (Lipinski definition) is 1. The number of carbonyl (C=O) groups is 1. The topological polar surface area (TPSA) is 59.8 Å². The molecule has 24 heavy (non-hydrogen) atoms. The maximum Gasteiger partial charge on any atom is 0.234 e. The summed E-state index contributed by atoms with van der Waals surface area (Å²) in [5, 5.41) is 8.21. The lowest BCUT2D eigenvalue weighted by Gasteiger charge is -2.06. The van der Waals surface area contributed by atoms with Crippen LogP contribution in [0, 0.1) is 13.8 Å². The molecule has 0 aliphatic carbocycles. The lowest BCUT2D eigenvalue weighted by atomic mass is 10.2. The predicted octanol–water partition coefficient (Wildman–Crippen LogP) is 3.46. The highest BCUT2D eigenvalue weighted by Gasteiger charge is 2.09. The highest BCUT2D eigenvalue weighted by molar-refractivity contribution is 7.99. The molecule has 0 aliphatic rings. The van der Waals surface area contributed by atoms with Crippen LogP contribution >= 0.6 is 11.8 Å². The molecular weight excluding hydrogens is 320 g/mol. The minimum Gasteiger partial charge on any atom is -0.324 e. The van der Waals surface area contributed by atoms with Gasteiger partial charge < -0.3 is 5.32 Å². The third-order valence-electron chi connectivity index (χ3n) is 3.73. The van der Waals surface area contributed by atoms with Crippen molar-refractivity contribution in [1.82, 2.24) is 14.8 Å². The second-order valence-corrected chi connectivity index (χ2v) is 6.82. The summed E-state index contributed by atoms with van der Waals surface area (Å²) >= 11 is 1.60. The van der Waals surface area contributed by atoms with Crippen LogP contribution in [0.15, 0.2) is 36.5 Å². The first-order chi connectivity index (χ1) is 11.5. The Morgan fingerprint density at radius 2 is 2.12 bits per heavy atom. The van der Waals surface area contributed by atoms with Crippen LogP contribution in [-0.2, 0) is 17.6 Å². The second kappa shape index (κ2) is 7.05. The number of pyridine rings is 1. The maximum absolute atomic E-state index is 12.1. The zero-order valence-electron chi connectivity index (χ0n) is 14.0. The fourth-order valence-corrected chi connectivity index (χ4v) is 3.41. The fourth-order valence-electron chi connectivity index (χ4n) is 2.64. The van der Waals surface area contributed by atoms with Crippen LogP contribution in [0.25, 0.3) is 11.0 Å². The number of nitrogens with zero attached hydrogens (tertiary/aromatic N) is 3. The first-order valence-electron chi connectivity index (χ1n) is 7.75. The van der Waals surface area contributed by atoms with Crippen molar-refractivity contribution < 1.29 is 4.79 Å². The van der Waals surface area contributed by atoms with E-state index in [4.69, 9.17) is 0 Å². The highest BCUT2D eigenvalue weighted by atomic mass is 32.2. The van der Waals surface area contributed by atoms with Gasteiger partial charge in [-0.15, -0.1) is 11.8 Å². The fraction of sp³-hybridized carbons (Fsp3) is 0.278. The van der Waals surface area contributed by atoms with Crippen molar-refractivity contribution >= 4 is 34.4 Å². The molecule has 2 aromatic heterocycles. The Labute approximate surface area is 145 Å². The number of nitrogens with one attached hydrogen (secondary N) is 1. The monoisotopic (exact) mass is 340 g/mol. The van der Waals surface area contributed by atoms with Gasteiger partial charge in [-0.1, -0.05) is 29.8 Å². The molecule has 1 aromatic carbocycles. The quantitative estimate of drug-likeness (QED) is 0.773. The molecule has 1 N–H and O–H groups in total. The summed E-state index contributed by atoms with van der Waals surface area (Å²) in [6.07, 6.45) is 1.67. The summed E-state index contributed by atoms with van der Waals surface area (Å²) in [6.45, 7) is 4.01. The van der Waals surface area contributed by atoms with Crippen molar-refractivity contribution in [3.63, 3.8) is 0 Å². The van der Waals surface area contributed by atoms with Crippen molar-refractivity contribution in [2.75, 3.05) is 11.1 Å². The first-order valence-corrected chi connectivity index (χ1v) is 8.91. The number of amides is 1. The zero-order valence-corrected chi connectivity index (χ0v) is 14.9. The van der Waals surface area contributed by atoms with Crippen LogP contribution < -0.4 is 5.32 Å². The van der Waals surface area contributed by atoms with E-state index in [1.807, 2.05) is 26.1 Å². The van der Waals surface area contributed by atoms with E-state index in [0.29, 0.717) is 11.4 Å². The number of rotatable bonds is 5. The SMILES string of the molecule is Cc1cccc(CSCC(=O)Nc2cnc3c(c2)c(C)nn3C)c1. The van der Waals surface area contributed by atoms with Crippen molar-refractivity contribution in [3.8, 4) is 0 Å². The molecule has 124 valence electrons. The molecule has 0 bridgehead atoms. The minimum absolute atomic E-state index is 0.0182. The van der Waals surface area contributed by atoms with Crippen molar-refractivity contribution in [3.05, 3.63) is 53.3 Å². The molecule has 0 aliphatic heterocycles. The number of thioether (sulfide) groups is 1. The van der Waals surface area contributed by atoms with Gasteiger partial charge in [0.05, 0.1) is 23.3 Å². The Morgan fingerprint density at radius 3 is 2.92 bits per heavy atom. The molecule has 6 heteroatoms. The number of aromatic nitrogens is 3. The molecule has 3 rings (SSSR count). The first kappa shape index (κ1) is 16.5. The molecule has 0 fully saturated rings. The normalized spacial score (nSPS) is 11.0. The molecule has 2 heterocycles. The molecule has 1 amide bonds. The molecule has 0 saturated carbocycles. The van der Waals surface area contributed by atoms with Crippen molar-refractivity contribution in [1.29, 1.82) is 0 Å². The third-order valence-corrected chi connectivity index (χ3v) is 4.73. The van der Waals surface area contributed by atoms with Gasteiger partial charge in [0.1, 0.15) is 0 Å². The number of benzene rings is 1. The third kappa shape index (κ3) is 3.76. The van der Waals surface area contributed by atoms with Crippen LogP contribution in [0.5, 0.6) is 0 Å². The summed E-state index contributed by atoms with van der Waals surface area (Å²) in [5.74, 6) is 1.22. The average molecular weight is 340 g/mol. The van der Waals surface area contributed by atoms with E-state index in [1.54, 1.807) is 22.6 Å². The van der Waals surface area contributed by atoms with Gasteiger partial charge >= 0.3 is 0 Å². The van der Waals surface area contributed by atoms with Crippen LogP contribution in [0.4, 0.5) is 5.69 Å². The van der Waals surface area contributed by atoms with Gasteiger partial charge in [0.25, 0.3) is 0 Å². The molecule has 3 aromatic rings. The van der Waals surface area contributed by atoms with Crippen molar-refractivity contribution in [2.45, 2.75) is 19.6 Å². The van der Waals surface area contributed by atoms with Gasteiger partial charge in [0.2, 0.25) is 5.91 Å². The smallest absolute Gasteiger partial charge is 0.234 e. The van der Waals surface area contributed by atoms with E-state index in [2.05, 4.69) is 40.5 Å². The zero-order chi connectivity index (χ0) is 17.1. The molecule has 0 radical (unpaired) electrons. The Bertz CT molecular complexity index is 888. The van der Waals surface area contributed by atoms with Gasteiger partial charge in [-0.25, -0.2) is 4.98 Å². The summed E-state index contributed by atoms with van der Waals surface area (Å²) < 4.78 is 1.74. The van der Waals surface area contributed by atoms with E-state index < -0.39 is 0 Å². The largest absolute Gasteiger partial charge is 0.324 e. The van der Waals surface area contributed by atoms with Crippen LogP contribution in [0.1, 0.15) is 16.8 Å². The summed E-state index contributed by atoms with van der Waals surface area (Å²) in [4.78, 5) is 16.5. The number of anilines is 1. The number of hydrogen-bond acceptors (Lipinski definition) is 4. The Balaban J connectivity index is 1.57. The number of aryl methyl sites for hydroxylation is 3. The molecule has 0 spiro atoms. The Kier molecular flexibility index (Phi) is 4.85. The van der Waals surface area contributed by atoms with E-state index in [9.17, 15) is 4.79 Å². The van der Waals surface area contributed by atoms with Crippen LogP contribution in [0.2, 0.25) is 0 Å². The standard InChI is InChI=1S/C18H20N4OS/c1-12-5-4-6-14(7-12)10-24-11-17(23)20-15-8-16-13(2)21-22(3)18(16)19-9-15/h4-9H,10-11H2,1-3H3,(H,20,23). The van der Waals surface area contributed by atoms with Crippen molar-refractivity contribution in [2.24, 2.45) is 7.05 Å². The Hall–Kier alpha value is -2.34. The van der Waals surface area contributed by atoms with Gasteiger partial charge in [-0.05, 0) is 25.5 Å². The van der Waals surface area contributed by atoms with Crippen LogP contribution in [0.3, 0.4) is 0 Å². The number of fused-ring (bicyclic) bond motifs is 1. The second-order valence-electron chi connectivity index (χ2n) is 5.83. The number of carbonyl (C=O) groups excluding carboxylic acids is 1. The molecular formula is C18H20N4OS. The lowest BCUT2D eigenvalue weighted by Crippen LogP contribution is -2.14. The summed E-state index contributed by atoms with van der Waals surface area (Å²) in [7, 11) is 1.86. The maximum atomic E-state index is 12.1. The molecule has 0 atom stereocenters. The average Bonchev–Trinajstić information content (AvgIpc) is 2.82. The van der Waals surface area contributed by atoms with Gasteiger partial charge in [0, 0.05) is 18.2 Å². The van der Waals surface area contributed by atoms with Gasteiger partial charge in [-0.2, -0.15) is 5.10 Å². The lowest BCUT2D eigenvalue weighted by molar-refractivity contribution is -0.113. The van der Waals surface area contributed by atoms with E-state index in [0.717, 1.165) is 22.5 Å². The van der Waals surface area contributed by atoms with E-state index in [1.165, 1.54) is 11.1 Å². The van der Waals surface area contributed by atoms with Gasteiger partial charge in [-0.3, -0.25) is 9.48 Å². The molecule has 0 unspecified atom stereocenters. The van der Waals surface area contributed by atoms with E-state index >= 15 is 0 Å². The summed E-state index contributed by atoms with van der Waals surface area (Å²) in [6, 6.07) is 10.3. The Morgan fingerprint density at radius 1 is 1.29 bits per heavy atom. The molecule has 0 saturated heterocycles. The minimum atomic E-state index is -0.0182. The van der Waals surface area contributed by atoms with Crippen LogP contribution in [-0.4, -0.2) is 26.4 Å². The molecule has 5 nitrogen and oxygen atoms in total.